The molecule has 0 unspecified atom stereocenters. The van der Waals surface area contributed by atoms with Crippen LogP contribution < -0.4 is 4.90 Å². The Kier molecular flexibility index (Phi) is 5.99. The number of rotatable bonds is 3. The number of nitrogens with zero attached hydrogens (tertiary/aromatic N) is 2. The predicted octanol–water partition coefficient (Wildman–Crippen LogP) is 5.23. The molecule has 0 spiro atoms. The van der Waals surface area contributed by atoms with Crippen molar-refractivity contribution in [2.45, 2.75) is 26.4 Å². The molecular formula is C19H21IN2O2. The van der Waals surface area contributed by atoms with Gasteiger partial charge in [0.05, 0.1) is 5.69 Å². The van der Waals surface area contributed by atoms with E-state index in [0.29, 0.717) is 0 Å². The molecule has 24 heavy (non-hydrogen) atoms. The van der Waals surface area contributed by atoms with Crippen LogP contribution in [0.25, 0.3) is 12.2 Å². The lowest BCUT2D eigenvalue weighted by Gasteiger charge is -2.24. The molecule has 0 N–H and O–H groups in total. The molecule has 0 radical (unpaired) electrons. The zero-order chi connectivity index (χ0) is 17.7. The van der Waals surface area contributed by atoms with E-state index in [9.17, 15) is 4.79 Å². The Labute approximate surface area is 156 Å². The van der Waals surface area contributed by atoms with Gasteiger partial charge in [-0.15, -0.1) is 0 Å². The third kappa shape index (κ3) is 5.63. The molecule has 1 aromatic heterocycles. The minimum absolute atomic E-state index is 0.367. The molecule has 0 aliphatic carbocycles. The van der Waals surface area contributed by atoms with E-state index < -0.39 is 5.60 Å². The summed E-state index contributed by atoms with van der Waals surface area (Å²) in [5.41, 5.74) is 2.23. The summed E-state index contributed by atoms with van der Waals surface area (Å²) in [6.45, 7) is 5.56. The van der Waals surface area contributed by atoms with Crippen molar-refractivity contribution < 1.29 is 9.53 Å². The van der Waals surface area contributed by atoms with Gasteiger partial charge in [0.2, 0.25) is 0 Å². The predicted molar refractivity (Wildman–Crippen MR) is 107 cm³/mol. The van der Waals surface area contributed by atoms with E-state index in [2.05, 4.69) is 27.6 Å². The quantitative estimate of drug-likeness (QED) is 0.489. The van der Waals surface area contributed by atoms with Crippen LogP contribution in [-0.4, -0.2) is 23.7 Å². The van der Waals surface area contributed by atoms with Crippen molar-refractivity contribution in [2.24, 2.45) is 0 Å². The fourth-order valence-corrected chi connectivity index (χ4v) is 2.43. The molecule has 1 heterocycles. The van der Waals surface area contributed by atoms with Crippen molar-refractivity contribution >= 4 is 46.5 Å². The largest absolute Gasteiger partial charge is 0.443 e. The topological polar surface area (TPSA) is 42.4 Å². The van der Waals surface area contributed by atoms with E-state index in [0.717, 1.165) is 20.6 Å². The van der Waals surface area contributed by atoms with Gasteiger partial charge in [0, 0.05) is 12.7 Å². The molecule has 4 nitrogen and oxygen atoms in total. The zero-order valence-corrected chi connectivity index (χ0v) is 16.4. The lowest BCUT2D eigenvalue weighted by molar-refractivity contribution is 0.0589. The Morgan fingerprint density at radius 1 is 1.12 bits per heavy atom. The van der Waals surface area contributed by atoms with Crippen LogP contribution in [0.2, 0.25) is 0 Å². The van der Waals surface area contributed by atoms with Gasteiger partial charge in [-0.25, -0.2) is 9.78 Å². The van der Waals surface area contributed by atoms with Gasteiger partial charge in [0.1, 0.15) is 9.30 Å². The lowest BCUT2D eigenvalue weighted by atomic mass is 10.1. The first-order valence-corrected chi connectivity index (χ1v) is 8.70. The van der Waals surface area contributed by atoms with Gasteiger partial charge in [0.25, 0.3) is 0 Å². The standard InChI is InChI=1S/C19H21IN2O2/c1-19(2,3)24-18(23)22(4)16-12-9-14(10-13-16)8-11-15-6-5-7-17(20)21-15/h5-13H,1-4H3. The number of carbonyl (C=O) groups is 1. The number of ether oxygens (including phenoxy) is 1. The van der Waals surface area contributed by atoms with Crippen molar-refractivity contribution in [3.05, 3.63) is 57.4 Å². The third-order valence-corrected chi connectivity index (χ3v) is 3.73. The van der Waals surface area contributed by atoms with Gasteiger partial charge in [0.15, 0.2) is 0 Å². The second kappa shape index (κ2) is 7.79. The Balaban J connectivity index is 2.06. The van der Waals surface area contributed by atoms with Gasteiger partial charge in [-0.3, -0.25) is 4.90 Å². The Bertz CT molecular complexity index is 734. The number of benzene rings is 1. The highest BCUT2D eigenvalue weighted by Crippen LogP contribution is 2.18. The molecule has 2 rings (SSSR count). The number of hydrogen-bond acceptors (Lipinski definition) is 3. The van der Waals surface area contributed by atoms with Crippen LogP contribution >= 0.6 is 22.6 Å². The van der Waals surface area contributed by atoms with Crippen LogP contribution in [0.15, 0.2) is 42.5 Å². The van der Waals surface area contributed by atoms with E-state index in [4.69, 9.17) is 4.74 Å². The maximum absolute atomic E-state index is 12.1. The molecule has 0 bridgehead atoms. The monoisotopic (exact) mass is 436 g/mol. The molecular weight excluding hydrogens is 415 g/mol. The van der Waals surface area contributed by atoms with Crippen LogP contribution in [0.3, 0.4) is 0 Å². The summed E-state index contributed by atoms with van der Waals surface area (Å²) in [5, 5.41) is 0. The number of aromatic nitrogens is 1. The maximum atomic E-state index is 12.1. The minimum Gasteiger partial charge on any atom is -0.443 e. The average molecular weight is 436 g/mol. The molecule has 0 aliphatic heterocycles. The summed E-state index contributed by atoms with van der Waals surface area (Å²) in [6, 6.07) is 13.6. The Morgan fingerprint density at radius 3 is 2.38 bits per heavy atom. The summed E-state index contributed by atoms with van der Waals surface area (Å²) in [6.07, 6.45) is 3.60. The van der Waals surface area contributed by atoms with Crippen LogP contribution in [0, 0.1) is 3.70 Å². The van der Waals surface area contributed by atoms with Crippen LogP contribution in [0.4, 0.5) is 10.5 Å². The van der Waals surface area contributed by atoms with Crippen LogP contribution in [0.1, 0.15) is 32.0 Å². The van der Waals surface area contributed by atoms with Gasteiger partial charge < -0.3 is 4.74 Å². The van der Waals surface area contributed by atoms with Crippen LogP contribution in [0.5, 0.6) is 0 Å². The first kappa shape index (κ1) is 18.4. The molecule has 1 amide bonds. The highest BCUT2D eigenvalue weighted by Gasteiger charge is 2.20. The van der Waals surface area contributed by atoms with Gasteiger partial charge >= 0.3 is 6.09 Å². The molecule has 0 saturated carbocycles. The number of hydrogen-bond donors (Lipinski definition) is 0. The van der Waals surface area contributed by atoms with Gasteiger partial charge in [-0.05, 0) is 79.3 Å². The summed E-state index contributed by atoms with van der Waals surface area (Å²) in [4.78, 5) is 18.0. The van der Waals surface area contributed by atoms with Crippen LogP contribution in [-0.2, 0) is 4.74 Å². The van der Waals surface area contributed by atoms with Crippen molar-refractivity contribution in [3.8, 4) is 0 Å². The Morgan fingerprint density at radius 2 is 1.79 bits per heavy atom. The molecule has 1 aromatic carbocycles. The van der Waals surface area contributed by atoms with Gasteiger partial charge in [-0.2, -0.15) is 0 Å². The lowest BCUT2D eigenvalue weighted by Crippen LogP contribution is -2.34. The minimum atomic E-state index is -0.506. The first-order valence-electron chi connectivity index (χ1n) is 7.62. The highest BCUT2D eigenvalue weighted by molar-refractivity contribution is 14.1. The number of pyridine rings is 1. The third-order valence-electron chi connectivity index (χ3n) is 3.13. The highest BCUT2D eigenvalue weighted by atomic mass is 127. The van der Waals surface area contributed by atoms with E-state index in [1.54, 1.807) is 7.05 Å². The summed E-state index contributed by atoms with van der Waals surface area (Å²) < 4.78 is 6.33. The van der Waals surface area contributed by atoms with Crippen molar-refractivity contribution in [3.63, 3.8) is 0 Å². The van der Waals surface area contributed by atoms with Gasteiger partial charge in [-0.1, -0.05) is 24.3 Å². The smallest absolute Gasteiger partial charge is 0.414 e. The van der Waals surface area contributed by atoms with Crippen molar-refractivity contribution in [1.29, 1.82) is 0 Å². The molecule has 2 aromatic rings. The average Bonchev–Trinajstić information content (AvgIpc) is 2.51. The number of halogens is 1. The summed E-state index contributed by atoms with van der Waals surface area (Å²) in [5.74, 6) is 0. The molecule has 126 valence electrons. The molecule has 0 atom stereocenters. The second-order valence-electron chi connectivity index (χ2n) is 6.35. The molecule has 0 fully saturated rings. The fraction of sp³-hybridized carbons (Fsp3) is 0.263. The molecule has 5 heteroatoms. The first-order chi connectivity index (χ1) is 11.2. The Hall–Kier alpha value is -1.89. The SMILES string of the molecule is CN(C(=O)OC(C)(C)C)c1ccc(C=Cc2cccc(I)n2)cc1. The molecule has 0 aliphatic rings. The van der Waals surface area contributed by atoms with E-state index in [-0.39, 0.29) is 6.09 Å². The molecule has 0 saturated heterocycles. The number of carbonyl (C=O) groups excluding carboxylic acids is 1. The fourth-order valence-electron chi connectivity index (χ4n) is 1.94. The summed E-state index contributed by atoms with van der Waals surface area (Å²) >= 11 is 2.19. The van der Waals surface area contributed by atoms with E-state index in [1.165, 1.54) is 4.90 Å². The van der Waals surface area contributed by atoms with Crippen molar-refractivity contribution in [2.75, 3.05) is 11.9 Å². The maximum Gasteiger partial charge on any atom is 0.414 e. The summed E-state index contributed by atoms with van der Waals surface area (Å²) in [7, 11) is 1.70. The number of amides is 1. The normalized spacial score (nSPS) is 11.5. The van der Waals surface area contributed by atoms with Crippen molar-refractivity contribution in [1.82, 2.24) is 4.98 Å². The zero-order valence-electron chi connectivity index (χ0n) is 14.3. The van der Waals surface area contributed by atoms with E-state index >= 15 is 0 Å². The number of anilines is 1. The second-order valence-corrected chi connectivity index (χ2v) is 7.45. The van der Waals surface area contributed by atoms with E-state index in [1.807, 2.05) is 75.4 Å².